The summed E-state index contributed by atoms with van der Waals surface area (Å²) in [5.41, 5.74) is 0. The average molecular weight is 197 g/mol. The van der Waals surface area contributed by atoms with Crippen molar-refractivity contribution in [2.45, 2.75) is 77.2 Å². The summed E-state index contributed by atoms with van der Waals surface area (Å²) in [6, 6.07) is 0.746. The Hall–Kier alpha value is -0.0400. The smallest absolute Gasteiger partial charge is 0.00387 e. The van der Waals surface area contributed by atoms with Gasteiger partial charge in [0.25, 0.3) is 0 Å². The van der Waals surface area contributed by atoms with Crippen LogP contribution in [0.1, 0.15) is 71.1 Å². The first-order valence-corrected chi connectivity index (χ1v) is 6.63. The minimum atomic E-state index is 0.746. The van der Waals surface area contributed by atoms with Crippen LogP contribution in [0.25, 0.3) is 0 Å². The zero-order chi connectivity index (χ0) is 10.1. The van der Waals surface area contributed by atoms with Crippen LogP contribution in [-0.2, 0) is 0 Å². The Morgan fingerprint density at radius 1 is 0.714 bits per heavy atom. The first-order valence-electron chi connectivity index (χ1n) is 6.63. The monoisotopic (exact) mass is 197 g/mol. The van der Waals surface area contributed by atoms with Gasteiger partial charge in [0.15, 0.2) is 0 Å². The van der Waals surface area contributed by atoms with Crippen LogP contribution in [0.3, 0.4) is 0 Å². The number of rotatable bonds is 0. The predicted octanol–water partition coefficient (Wildman–Crippen LogP) is 3.88. The van der Waals surface area contributed by atoms with Gasteiger partial charge in [0.05, 0.1) is 0 Å². The van der Waals surface area contributed by atoms with Crippen LogP contribution in [0.4, 0.5) is 0 Å². The van der Waals surface area contributed by atoms with Gasteiger partial charge < -0.3 is 5.32 Å². The summed E-state index contributed by atoms with van der Waals surface area (Å²) < 4.78 is 0. The molecule has 1 atom stereocenters. The maximum atomic E-state index is 3.62. The number of nitrogens with one attached hydrogen (secondary N) is 1. The molecule has 1 aliphatic heterocycles. The quantitative estimate of drug-likeness (QED) is 0.621. The SMILES string of the molecule is CC1CCCCCCCCCCCN1. The highest BCUT2D eigenvalue weighted by molar-refractivity contribution is 4.61. The van der Waals surface area contributed by atoms with Crippen molar-refractivity contribution in [1.29, 1.82) is 0 Å². The van der Waals surface area contributed by atoms with E-state index in [1.165, 1.54) is 70.8 Å². The van der Waals surface area contributed by atoms with Gasteiger partial charge in [-0.25, -0.2) is 0 Å². The van der Waals surface area contributed by atoms with Gasteiger partial charge >= 0.3 is 0 Å². The Morgan fingerprint density at radius 2 is 1.21 bits per heavy atom. The van der Waals surface area contributed by atoms with E-state index in [0.29, 0.717) is 0 Å². The van der Waals surface area contributed by atoms with Crippen molar-refractivity contribution in [3.63, 3.8) is 0 Å². The molecule has 0 saturated carbocycles. The van der Waals surface area contributed by atoms with Gasteiger partial charge in [-0.05, 0) is 26.3 Å². The Morgan fingerprint density at radius 3 is 1.86 bits per heavy atom. The van der Waals surface area contributed by atoms with Crippen molar-refractivity contribution < 1.29 is 0 Å². The summed E-state index contributed by atoms with van der Waals surface area (Å²) in [6.07, 6.45) is 14.4. The molecule has 0 aromatic heterocycles. The maximum absolute atomic E-state index is 3.62. The Bertz CT molecular complexity index is 108. The van der Waals surface area contributed by atoms with E-state index in [2.05, 4.69) is 12.2 Å². The largest absolute Gasteiger partial charge is 0.314 e. The van der Waals surface area contributed by atoms with E-state index in [1.54, 1.807) is 0 Å². The lowest BCUT2D eigenvalue weighted by Gasteiger charge is -2.12. The minimum absolute atomic E-state index is 0.746. The van der Waals surface area contributed by atoms with Crippen LogP contribution in [-0.4, -0.2) is 12.6 Å². The lowest BCUT2D eigenvalue weighted by molar-refractivity contribution is 0.476. The molecule has 0 spiro atoms. The molecule has 0 bridgehead atoms. The van der Waals surface area contributed by atoms with Crippen LogP contribution in [0.15, 0.2) is 0 Å². The lowest BCUT2D eigenvalue weighted by Crippen LogP contribution is -2.26. The van der Waals surface area contributed by atoms with E-state index in [-0.39, 0.29) is 0 Å². The highest BCUT2D eigenvalue weighted by atomic mass is 14.9. The molecule has 1 saturated heterocycles. The van der Waals surface area contributed by atoms with E-state index in [9.17, 15) is 0 Å². The molecular weight excluding hydrogens is 170 g/mol. The minimum Gasteiger partial charge on any atom is -0.314 e. The van der Waals surface area contributed by atoms with Crippen molar-refractivity contribution in [1.82, 2.24) is 5.32 Å². The molecule has 1 aliphatic rings. The molecule has 84 valence electrons. The Labute approximate surface area is 89.7 Å². The molecule has 1 rings (SSSR count). The standard InChI is InChI=1S/C13H27N/c1-13-11-9-7-5-3-2-4-6-8-10-12-14-13/h13-14H,2-12H2,1H3. The van der Waals surface area contributed by atoms with Crippen LogP contribution < -0.4 is 5.32 Å². The van der Waals surface area contributed by atoms with Gasteiger partial charge in [0, 0.05) is 6.04 Å². The molecule has 0 aliphatic carbocycles. The molecule has 0 amide bonds. The highest BCUT2D eigenvalue weighted by Gasteiger charge is 2.01. The molecule has 0 aromatic carbocycles. The molecule has 1 fully saturated rings. The third kappa shape index (κ3) is 6.42. The summed E-state index contributed by atoms with van der Waals surface area (Å²) in [7, 11) is 0. The summed E-state index contributed by atoms with van der Waals surface area (Å²) in [4.78, 5) is 0. The molecule has 0 aromatic rings. The van der Waals surface area contributed by atoms with Crippen molar-refractivity contribution in [2.24, 2.45) is 0 Å². The van der Waals surface area contributed by atoms with Crippen LogP contribution in [0.2, 0.25) is 0 Å². The van der Waals surface area contributed by atoms with Crippen LogP contribution >= 0.6 is 0 Å². The zero-order valence-corrected chi connectivity index (χ0v) is 9.86. The van der Waals surface area contributed by atoms with Crippen LogP contribution in [0.5, 0.6) is 0 Å². The molecule has 1 unspecified atom stereocenters. The van der Waals surface area contributed by atoms with Gasteiger partial charge in [0.2, 0.25) is 0 Å². The number of hydrogen-bond donors (Lipinski definition) is 1. The summed E-state index contributed by atoms with van der Waals surface area (Å²) in [6.45, 7) is 3.57. The van der Waals surface area contributed by atoms with E-state index >= 15 is 0 Å². The molecule has 0 radical (unpaired) electrons. The lowest BCUT2D eigenvalue weighted by atomic mass is 10.1. The molecule has 1 nitrogen and oxygen atoms in total. The van der Waals surface area contributed by atoms with Gasteiger partial charge in [-0.2, -0.15) is 0 Å². The molecule has 1 heteroatoms. The van der Waals surface area contributed by atoms with Crippen LogP contribution in [0, 0.1) is 0 Å². The third-order valence-electron chi connectivity index (χ3n) is 3.31. The van der Waals surface area contributed by atoms with Gasteiger partial charge in [-0.3, -0.25) is 0 Å². The summed E-state index contributed by atoms with van der Waals surface area (Å²) >= 11 is 0. The molecule has 14 heavy (non-hydrogen) atoms. The highest BCUT2D eigenvalue weighted by Crippen LogP contribution is 2.12. The molecular formula is C13H27N. The molecule has 1 heterocycles. The fourth-order valence-electron chi connectivity index (χ4n) is 2.26. The maximum Gasteiger partial charge on any atom is 0.00387 e. The fourth-order valence-corrected chi connectivity index (χ4v) is 2.26. The zero-order valence-electron chi connectivity index (χ0n) is 9.86. The second kappa shape index (κ2) is 8.28. The average Bonchev–Trinajstić information content (AvgIpc) is 2.20. The van der Waals surface area contributed by atoms with E-state index in [4.69, 9.17) is 0 Å². The van der Waals surface area contributed by atoms with Crippen molar-refractivity contribution >= 4 is 0 Å². The van der Waals surface area contributed by atoms with Gasteiger partial charge in [0.1, 0.15) is 0 Å². The summed E-state index contributed by atoms with van der Waals surface area (Å²) in [5, 5.41) is 3.62. The Kier molecular flexibility index (Phi) is 7.12. The normalized spacial score (nSPS) is 28.5. The first-order chi connectivity index (χ1) is 6.89. The first kappa shape index (κ1) is 12.0. The van der Waals surface area contributed by atoms with E-state index in [1.807, 2.05) is 0 Å². The third-order valence-corrected chi connectivity index (χ3v) is 3.31. The van der Waals surface area contributed by atoms with Gasteiger partial charge in [-0.15, -0.1) is 0 Å². The van der Waals surface area contributed by atoms with Gasteiger partial charge in [-0.1, -0.05) is 51.4 Å². The summed E-state index contributed by atoms with van der Waals surface area (Å²) in [5.74, 6) is 0. The predicted molar refractivity (Wildman–Crippen MR) is 63.6 cm³/mol. The van der Waals surface area contributed by atoms with Crippen molar-refractivity contribution in [3.05, 3.63) is 0 Å². The topological polar surface area (TPSA) is 12.0 Å². The van der Waals surface area contributed by atoms with E-state index < -0.39 is 0 Å². The second-order valence-corrected chi connectivity index (χ2v) is 4.83. The van der Waals surface area contributed by atoms with E-state index in [0.717, 1.165) is 6.04 Å². The van der Waals surface area contributed by atoms with Crippen molar-refractivity contribution in [3.8, 4) is 0 Å². The molecule has 1 N–H and O–H groups in total. The number of hydrogen-bond acceptors (Lipinski definition) is 1. The van der Waals surface area contributed by atoms with Crippen molar-refractivity contribution in [2.75, 3.05) is 6.54 Å². The Balaban J connectivity index is 2.12. The fraction of sp³-hybridized carbons (Fsp3) is 1.00. The second-order valence-electron chi connectivity index (χ2n) is 4.83.